The summed E-state index contributed by atoms with van der Waals surface area (Å²) in [6.07, 6.45) is 0.143. The zero-order valence-electron chi connectivity index (χ0n) is 9.04. The van der Waals surface area contributed by atoms with Gasteiger partial charge in [-0.1, -0.05) is 12.1 Å². The third-order valence-electron chi connectivity index (χ3n) is 2.11. The summed E-state index contributed by atoms with van der Waals surface area (Å²) in [5.41, 5.74) is 1.40. The minimum absolute atomic E-state index is 0.0326. The Morgan fingerprint density at radius 2 is 2.33 bits per heavy atom. The number of nitro groups is 1. The smallest absolute Gasteiger partial charge is 0.268 e. The van der Waals surface area contributed by atoms with E-state index in [1.807, 2.05) is 0 Å². The van der Waals surface area contributed by atoms with E-state index in [-0.39, 0.29) is 11.9 Å². The van der Waals surface area contributed by atoms with Crippen molar-refractivity contribution in [2.75, 3.05) is 0 Å². The topological polar surface area (TPSA) is 61.0 Å². The average Bonchev–Trinajstić information content (AvgIpc) is 2.58. The van der Waals surface area contributed by atoms with E-state index >= 15 is 0 Å². The maximum Gasteiger partial charge on any atom is 0.270 e. The highest BCUT2D eigenvalue weighted by molar-refractivity contribution is 5.62. The molecule has 15 heavy (non-hydrogen) atoms. The van der Waals surface area contributed by atoms with Crippen molar-refractivity contribution in [1.82, 2.24) is 9.78 Å². The van der Waals surface area contributed by atoms with Gasteiger partial charge in [0.2, 0.25) is 0 Å². The number of benzene rings is 1. The van der Waals surface area contributed by atoms with Crippen LogP contribution < -0.4 is 0 Å². The second-order valence-corrected chi connectivity index (χ2v) is 3.09. The van der Waals surface area contributed by atoms with Gasteiger partial charge in [0.25, 0.3) is 5.69 Å². The summed E-state index contributed by atoms with van der Waals surface area (Å²) in [5, 5.41) is 14.5. The Bertz CT molecular complexity index is 551. The van der Waals surface area contributed by atoms with Gasteiger partial charge in [-0.2, -0.15) is 5.10 Å². The summed E-state index contributed by atoms with van der Waals surface area (Å²) in [7, 11) is 1.70. The van der Waals surface area contributed by atoms with E-state index < -0.39 is 4.92 Å². The zero-order chi connectivity index (χ0) is 11.7. The van der Waals surface area contributed by atoms with Gasteiger partial charge < -0.3 is 0 Å². The van der Waals surface area contributed by atoms with Crippen LogP contribution in [0.25, 0.3) is 11.3 Å². The number of aromatic nitrogens is 2. The van der Waals surface area contributed by atoms with E-state index in [2.05, 4.69) is 5.10 Å². The van der Waals surface area contributed by atoms with E-state index in [1.54, 1.807) is 25.2 Å². The molecule has 1 heterocycles. The first-order chi connectivity index (χ1) is 7.58. The molecule has 2 rings (SSSR count). The highest BCUT2D eigenvalue weighted by Crippen LogP contribution is 2.22. The first-order valence-corrected chi connectivity index (χ1v) is 4.33. The minimum Gasteiger partial charge on any atom is -0.268 e. The molecule has 0 saturated carbocycles. The van der Waals surface area contributed by atoms with Crippen LogP contribution in [0.2, 0.25) is 0 Å². The van der Waals surface area contributed by atoms with Crippen LogP contribution in [0.15, 0.2) is 36.5 Å². The quantitative estimate of drug-likeness (QED) is 0.555. The second kappa shape index (κ2) is 3.53. The van der Waals surface area contributed by atoms with Gasteiger partial charge in [-0.25, -0.2) is 0 Å². The molecule has 0 aliphatic rings. The third-order valence-corrected chi connectivity index (χ3v) is 2.11. The summed E-state index contributed by atoms with van der Waals surface area (Å²) < 4.78 is 8.91. The Hall–Kier alpha value is -2.17. The monoisotopic (exact) mass is 204 g/mol. The number of hydrogen-bond acceptors (Lipinski definition) is 3. The molecule has 0 N–H and O–H groups in total. The maximum atomic E-state index is 10.6. The highest BCUT2D eigenvalue weighted by atomic mass is 16.6. The molecule has 2 aromatic rings. The van der Waals surface area contributed by atoms with Crippen molar-refractivity contribution in [1.29, 1.82) is 0 Å². The molecule has 5 nitrogen and oxygen atoms in total. The summed E-state index contributed by atoms with van der Waals surface area (Å²) in [6, 6.07) is 7.84. The zero-order valence-corrected chi connectivity index (χ0v) is 8.04. The summed E-state index contributed by atoms with van der Waals surface area (Å²) in [6.45, 7) is 0. The maximum absolute atomic E-state index is 10.6. The largest absolute Gasteiger partial charge is 0.270 e. The van der Waals surface area contributed by atoms with Crippen LogP contribution in [0.4, 0.5) is 5.69 Å². The lowest BCUT2D eigenvalue weighted by atomic mass is 10.1. The van der Waals surface area contributed by atoms with Gasteiger partial charge in [-0.15, -0.1) is 0 Å². The van der Waals surface area contributed by atoms with Gasteiger partial charge in [0.15, 0.2) is 0 Å². The van der Waals surface area contributed by atoms with Gasteiger partial charge in [0, 0.05) is 30.9 Å². The second-order valence-electron chi connectivity index (χ2n) is 3.09. The average molecular weight is 204 g/mol. The molecule has 0 radical (unpaired) electrons. The van der Waals surface area contributed by atoms with Crippen molar-refractivity contribution in [3.05, 3.63) is 46.6 Å². The molecule has 0 amide bonds. The fraction of sp³-hybridized carbons (Fsp3) is 0.100. The van der Waals surface area contributed by atoms with E-state index in [0.29, 0.717) is 11.3 Å². The Labute approximate surface area is 87.5 Å². The van der Waals surface area contributed by atoms with Crippen molar-refractivity contribution in [2.24, 2.45) is 7.05 Å². The number of aryl methyl sites for hydroxylation is 1. The molecule has 1 aromatic carbocycles. The van der Waals surface area contributed by atoms with Crippen LogP contribution in [-0.2, 0) is 7.05 Å². The molecule has 5 heteroatoms. The Morgan fingerprint density at radius 3 is 2.93 bits per heavy atom. The Balaban J connectivity index is 2.52. The molecule has 0 atom stereocenters. The highest BCUT2D eigenvalue weighted by Gasteiger charge is 2.08. The number of hydrogen-bond donors (Lipinski definition) is 0. The van der Waals surface area contributed by atoms with Gasteiger partial charge in [-0.05, 0) is 6.07 Å². The molecule has 0 aliphatic carbocycles. The molecule has 76 valence electrons. The van der Waals surface area contributed by atoms with Crippen LogP contribution >= 0.6 is 0 Å². The lowest BCUT2D eigenvalue weighted by Gasteiger charge is -2.01. The van der Waals surface area contributed by atoms with Crippen molar-refractivity contribution in [2.45, 2.75) is 0 Å². The van der Waals surface area contributed by atoms with E-state index in [1.165, 1.54) is 16.8 Å². The molecule has 0 bridgehead atoms. The molecule has 0 aliphatic heterocycles. The molecule has 0 fully saturated rings. The first kappa shape index (κ1) is 8.16. The molecule has 1 aromatic heterocycles. The van der Waals surface area contributed by atoms with Crippen molar-refractivity contribution < 1.29 is 6.29 Å². The molecule has 0 spiro atoms. The van der Waals surface area contributed by atoms with E-state index in [4.69, 9.17) is 1.37 Å². The third kappa shape index (κ3) is 1.71. The van der Waals surface area contributed by atoms with Gasteiger partial charge in [0.05, 0.1) is 12.0 Å². The fourth-order valence-electron chi connectivity index (χ4n) is 1.37. The van der Waals surface area contributed by atoms with Crippen LogP contribution in [-0.4, -0.2) is 14.7 Å². The van der Waals surface area contributed by atoms with Gasteiger partial charge in [-0.3, -0.25) is 14.8 Å². The van der Waals surface area contributed by atoms with Crippen molar-refractivity contribution in [3.63, 3.8) is 0 Å². The van der Waals surface area contributed by atoms with Crippen LogP contribution in [0.1, 0.15) is 1.37 Å². The predicted octanol–water partition coefficient (Wildman–Crippen LogP) is 2.00. The summed E-state index contributed by atoms with van der Waals surface area (Å²) in [4.78, 5) is 10.2. The van der Waals surface area contributed by atoms with Crippen LogP contribution in [0, 0.1) is 10.1 Å². The summed E-state index contributed by atoms with van der Waals surface area (Å²) >= 11 is 0. The lowest BCUT2D eigenvalue weighted by Crippen LogP contribution is -1.94. The standard InChI is InChI=1S/C10H9N3O2/c1-12-10(5-6-11-12)8-3-2-4-9(7-8)13(14)15/h2-7H,1H3/i6D. The summed E-state index contributed by atoms with van der Waals surface area (Å²) in [5.74, 6) is 0. The van der Waals surface area contributed by atoms with E-state index in [9.17, 15) is 10.1 Å². The number of rotatable bonds is 2. The lowest BCUT2D eigenvalue weighted by molar-refractivity contribution is -0.384. The molecular weight excluding hydrogens is 194 g/mol. The SMILES string of the molecule is [2H]c1cc(-c2cccc([N+](=O)[O-])c2)n(C)n1. The molecule has 0 unspecified atom stereocenters. The molecular formula is C10H9N3O2. The van der Waals surface area contributed by atoms with Gasteiger partial charge >= 0.3 is 0 Å². The van der Waals surface area contributed by atoms with E-state index in [0.717, 1.165) is 0 Å². The van der Waals surface area contributed by atoms with Crippen molar-refractivity contribution in [3.8, 4) is 11.3 Å². The molecule has 0 saturated heterocycles. The number of nitro benzene ring substituents is 1. The van der Waals surface area contributed by atoms with Gasteiger partial charge in [0.1, 0.15) is 0 Å². The van der Waals surface area contributed by atoms with Crippen LogP contribution in [0.5, 0.6) is 0 Å². The van der Waals surface area contributed by atoms with Crippen LogP contribution in [0.3, 0.4) is 0 Å². The number of nitrogens with zero attached hydrogens (tertiary/aromatic N) is 3. The normalized spacial score (nSPS) is 11.1. The Morgan fingerprint density at radius 1 is 1.53 bits per heavy atom. The minimum atomic E-state index is -0.443. The Kier molecular flexibility index (Phi) is 1.92. The predicted molar refractivity (Wildman–Crippen MR) is 55.3 cm³/mol. The number of non-ortho nitro benzene ring substituents is 1. The first-order valence-electron chi connectivity index (χ1n) is 4.83. The fourth-order valence-corrected chi connectivity index (χ4v) is 1.37. The van der Waals surface area contributed by atoms with Crippen molar-refractivity contribution >= 4 is 5.69 Å².